The van der Waals surface area contributed by atoms with E-state index >= 15 is 0 Å². The summed E-state index contributed by atoms with van der Waals surface area (Å²) in [5.41, 5.74) is 1.18. The molecule has 0 atom stereocenters. The summed E-state index contributed by atoms with van der Waals surface area (Å²) in [4.78, 5) is 16.2. The van der Waals surface area contributed by atoms with Crippen LogP contribution in [0.2, 0.25) is 0 Å². The van der Waals surface area contributed by atoms with E-state index < -0.39 is 21.2 Å². The Balaban J connectivity index is 2.30. The molecule has 0 unspecified atom stereocenters. The van der Waals surface area contributed by atoms with Gasteiger partial charge >= 0.3 is 0 Å². The van der Waals surface area contributed by atoms with Gasteiger partial charge in [-0.1, -0.05) is 25.9 Å². The fourth-order valence-electron chi connectivity index (χ4n) is 2.26. The third-order valence-corrected chi connectivity index (χ3v) is 5.60. The number of hydrogen-bond donors (Lipinski definition) is 1. The predicted octanol–water partition coefficient (Wildman–Crippen LogP) is 2.03. The Labute approximate surface area is 129 Å². The highest BCUT2D eigenvalue weighted by molar-refractivity contribution is 7.90. The summed E-state index contributed by atoms with van der Waals surface area (Å²) in [6, 6.07) is 1.55. The lowest BCUT2D eigenvalue weighted by atomic mass is 10.2. The van der Waals surface area contributed by atoms with Gasteiger partial charge in [0.25, 0.3) is 11.6 Å². The van der Waals surface area contributed by atoms with Gasteiger partial charge in [0.05, 0.1) is 21.9 Å². The fraction of sp³-hybridized carbons (Fsp3) is 0.500. The van der Waals surface area contributed by atoms with Crippen LogP contribution in [0.5, 0.6) is 0 Å². The van der Waals surface area contributed by atoms with Crippen molar-refractivity contribution in [3.8, 4) is 0 Å². The Hall–Kier alpha value is -1.96. The van der Waals surface area contributed by atoms with E-state index in [0.29, 0.717) is 36.1 Å². The summed E-state index contributed by atoms with van der Waals surface area (Å²) in [5, 5.41) is 3.89. The van der Waals surface area contributed by atoms with Crippen molar-refractivity contribution in [2.45, 2.75) is 45.3 Å². The molecule has 0 spiro atoms. The normalized spacial score (nSPS) is 12.0. The molecule has 0 aromatic carbocycles. The standard InChI is InChI=1S/C14H19N3O4S/c1-4-10(5-2)22(19,20)17-13(18)9-7-11-12(6-3)16-21-14(11)15-8-9/h7-8,10H,4-6H2,1-3H3,(H,17,18). The van der Waals surface area contributed by atoms with Crippen molar-refractivity contribution in [1.29, 1.82) is 0 Å². The van der Waals surface area contributed by atoms with Gasteiger partial charge in [-0.15, -0.1) is 0 Å². The summed E-state index contributed by atoms with van der Waals surface area (Å²) in [7, 11) is -3.69. The van der Waals surface area contributed by atoms with Crippen LogP contribution in [0.3, 0.4) is 0 Å². The Morgan fingerprint density at radius 1 is 1.32 bits per heavy atom. The van der Waals surface area contributed by atoms with Crippen LogP contribution in [0.25, 0.3) is 11.1 Å². The van der Waals surface area contributed by atoms with Crippen molar-refractivity contribution in [1.82, 2.24) is 14.9 Å². The maximum Gasteiger partial charge on any atom is 0.266 e. The van der Waals surface area contributed by atoms with Gasteiger partial charge in [-0.3, -0.25) is 4.79 Å². The number of carbonyl (C=O) groups is 1. The molecule has 0 aliphatic rings. The fourth-order valence-corrected chi connectivity index (χ4v) is 3.68. The van der Waals surface area contributed by atoms with Crippen LogP contribution < -0.4 is 4.72 Å². The highest BCUT2D eigenvalue weighted by Crippen LogP contribution is 2.18. The quantitative estimate of drug-likeness (QED) is 0.872. The van der Waals surface area contributed by atoms with E-state index in [1.807, 2.05) is 6.92 Å². The molecule has 0 aliphatic carbocycles. The smallest absolute Gasteiger partial charge is 0.266 e. The summed E-state index contributed by atoms with van der Waals surface area (Å²) < 4.78 is 31.4. The summed E-state index contributed by atoms with van der Waals surface area (Å²) >= 11 is 0. The average Bonchev–Trinajstić information content (AvgIpc) is 2.89. The van der Waals surface area contributed by atoms with Crippen LogP contribution in [-0.4, -0.2) is 29.7 Å². The van der Waals surface area contributed by atoms with E-state index in [1.165, 1.54) is 6.20 Å². The van der Waals surface area contributed by atoms with E-state index in [-0.39, 0.29) is 5.56 Å². The molecule has 7 nitrogen and oxygen atoms in total. The van der Waals surface area contributed by atoms with Gasteiger partial charge in [0.15, 0.2) is 0 Å². The van der Waals surface area contributed by atoms with Crippen molar-refractivity contribution in [3.05, 3.63) is 23.5 Å². The third-order valence-electron chi connectivity index (χ3n) is 3.59. The highest BCUT2D eigenvalue weighted by Gasteiger charge is 2.25. The lowest BCUT2D eigenvalue weighted by Crippen LogP contribution is -2.37. The first kappa shape index (κ1) is 16.4. The van der Waals surface area contributed by atoms with Gasteiger partial charge in [0.2, 0.25) is 10.0 Å². The second-order valence-electron chi connectivity index (χ2n) is 4.97. The zero-order valence-corrected chi connectivity index (χ0v) is 13.6. The zero-order chi connectivity index (χ0) is 16.3. The van der Waals surface area contributed by atoms with Crippen molar-refractivity contribution in [2.75, 3.05) is 0 Å². The number of nitrogens with zero attached hydrogens (tertiary/aromatic N) is 2. The maximum atomic E-state index is 12.2. The number of aromatic nitrogens is 2. The zero-order valence-electron chi connectivity index (χ0n) is 12.8. The number of amides is 1. The molecule has 22 heavy (non-hydrogen) atoms. The van der Waals surface area contributed by atoms with Crippen LogP contribution >= 0.6 is 0 Å². The molecule has 0 saturated carbocycles. The van der Waals surface area contributed by atoms with Crippen LogP contribution in [0, 0.1) is 0 Å². The summed E-state index contributed by atoms with van der Waals surface area (Å²) in [5.74, 6) is -0.690. The number of hydrogen-bond acceptors (Lipinski definition) is 6. The van der Waals surface area contributed by atoms with Crippen LogP contribution in [0.1, 0.15) is 49.7 Å². The molecule has 8 heteroatoms. The molecule has 2 aromatic heterocycles. The summed E-state index contributed by atoms with van der Waals surface area (Å²) in [6.45, 7) is 5.45. The Morgan fingerprint density at radius 2 is 2.00 bits per heavy atom. The van der Waals surface area contributed by atoms with E-state index in [4.69, 9.17) is 4.52 Å². The number of carbonyl (C=O) groups excluding carboxylic acids is 1. The molecule has 0 fully saturated rings. The van der Waals surface area contributed by atoms with Crippen LogP contribution in [0.15, 0.2) is 16.8 Å². The Bertz CT molecular complexity index is 778. The number of aryl methyl sites for hydroxylation is 1. The minimum atomic E-state index is -3.69. The van der Waals surface area contributed by atoms with Crippen molar-refractivity contribution in [2.24, 2.45) is 0 Å². The van der Waals surface area contributed by atoms with E-state index in [0.717, 1.165) is 0 Å². The predicted molar refractivity (Wildman–Crippen MR) is 81.9 cm³/mol. The van der Waals surface area contributed by atoms with Gasteiger partial charge < -0.3 is 4.52 Å². The molecule has 0 aliphatic heterocycles. The largest absolute Gasteiger partial charge is 0.336 e. The number of fused-ring (bicyclic) bond motifs is 1. The monoisotopic (exact) mass is 325 g/mol. The molecule has 0 bridgehead atoms. The van der Waals surface area contributed by atoms with Crippen molar-refractivity contribution < 1.29 is 17.7 Å². The lowest BCUT2D eigenvalue weighted by Gasteiger charge is -2.14. The second-order valence-corrected chi connectivity index (χ2v) is 6.94. The Morgan fingerprint density at radius 3 is 2.59 bits per heavy atom. The summed E-state index contributed by atoms with van der Waals surface area (Å²) in [6.07, 6.45) is 2.81. The van der Waals surface area contributed by atoms with E-state index in [1.54, 1.807) is 19.9 Å². The van der Waals surface area contributed by atoms with Gasteiger partial charge in [-0.05, 0) is 25.3 Å². The maximum absolute atomic E-state index is 12.2. The number of rotatable bonds is 6. The first-order valence-corrected chi connectivity index (χ1v) is 8.77. The number of pyridine rings is 1. The SMILES string of the molecule is CCc1noc2ncc(C(=O)NS(=O)(=O)C(CC)CC)cc12. The highest BCUT2D eigenvalue weighted by atomic mass is 32.2. The molecule has 0 saturated heterocycles. The molecule has 2 heterocycles. The molecule has 1 N–H and O–H groups in total. The molecule has 2 aromatic rings. The van der Waals surface area contributed by atoms with E-state index in [2.05, 4.69) is 14.9 Å². The first-order chi connectivity index (χ1) is 10.4. The third kappa shape index (κ3) is 3.11. The molecule has 1 amide bonds. The molecule has 2 rings (SSSR count). The minimum absolute atomic E-state index is 0.167. The van der Waals surface area contributed by atoms with Gasteiger partial charge in [0.1, 0.15) is 0 Å². The second kappa shape index (κ2) is 6.43. The van der Waals surface area contributed by atoms with Crippen molar-refractivity contribution in [3.63, 3.8) is 0 Å². The average molecular weight is 325 g/mol. The van der Waals surface area contributed by atoms with Gasteiger partial charge in [-0.25, -0.2) is 18.1 Å². The molecule has 0 radical (unpaired) electrons. The van der Waals surface area contributed by atoms with E-state index in [9.17, 15) is 13.2 Å². The molecular formula is C14H19N3O4S. The van der Waals surface area contributed by atoms with Crippen molar-refractivity contribution >= 4 is 27.0 Å². The molecule has 120 valence electrons. The van der Waals surface area contributed by atoms with Gasteiger partial charge in [-0.2, -0.15) is 0 Å². The molecular weight excluding hydrogens is 306 g/mol. The van der Waals surface area contributed by atoms with Gasteiger partial charge in [0, 0.05) is 6.20 Å². The van der Waals surface area contributed by atoms with Crippen LogP contribution in [-0.2, 0) is 16.4 Å². The number of nitrogens with one attached hydrogen (secondary N) is 1. The minimum Gasteiger partial charge on any atom is -0.336 e. The number of sulfonamides is 1. The lowest BCUT2D eigenvalue weighted by molar-refractivity contribution is 0.0981. The topological polar surface area (TPSA) is 102 Å². The Kier molecular flexibility index (Phi) is 4.80. The van der Waals surface area contributed by atoms with Crippen LogP contribution in [0.4, 0.5) is 0 Å². The first-order valence-electron chi connectivity index (χ1n) is 7.23.